The van der Waals surface area contributed by atoms with Crippen LogP contribution in [-0.4, -0.2) is 17.7 Å². The molecule has 0 spiro atoms. The lowest BCUT2D eigenvalue weighted by Gasteiger charge is -2.12. The molecule has 130 valence electrons. The van der Waals surface area contributed by atoms with Crippen molar-refractivity contribution in [3.63, 3.8) is 0 Å². The van der Waals surface area contributed by atoms with Crippen molar-refractivity contribution < 1.29 is 4.74 Å². The molecule has 4 heteroatoms. The number of aliphatic imine (C=N–C) groups is 1. The molecule has 0 atom stereocenters. The van der Waals surface area contributed by atoms with E-state index in [-0.39, 0.29) is 0 Å². The zero-order valence-corrected chi connectivity index (χ0v) is 14.7. The van der Waals surface area contributed by atoms with Gasteiger partial charge in [-0.25, -0.2) is 0 Å². The van der Waals surface area contributed by atoms with Crippen LogP contribution in [0.1, 0.15) is 16.7 Å². The summed E-state index contributed by atoms with van der Waals surface area (Å²) in [5, 5.41) is 0. The Morgan fingerprint density at radius 2 is 1.65 bits per heavy atom. The van der Waals surface area contributed by atoms with Crippen molar-refractivity contribution in [1.82, 2.24) is 4.98 Å². The third kappa shape index (κ3) is 4.16. The predicted molar refractivity (Wildman–Crippen MR) is 106 cm³/mol. The van der Waals surface area contributed by atoms with Gasteiger partial charge in [0.25, 0.3) is 0 Å². The van der Waals surface area contributed by atoms with Crippen LogP contribution in [0.5, 0.6) is 5.75 Å². The summed E-state index contributed by atoms with van der Waals surface area (Å²) >= 11 is 0. The molecule has 0 amide bonds. The standard InChI is InChI=1S/C22H21N3O/c1-24-22(21(15-23)18-11-13-25-14-12-18)19-7-9-20(10-8-19)26-16-17-5-3-2-4-6-17/h2-15H,16,23H2,1H3/b21-15-,24-22?. The van der Waals surface area contributed by atoms with E-state index in [0.29, 0.717) is 6.61 Å². The Labute approximate surface area is 153 Å². The van der Waals surface area contributed by atoms with Crippen LogP contribution in [-0.2, 0) is 6.61 Å². The summed E-state index contributed by atoms with van der Waals surface area (Å²) < 4.78 is 5.84. The maximum atomic E-state index is 5.87. The van der Waals surface area contributed by atoms with E-state index < -0.39 is 0 Å². The Kier molecular flexibility index (Phi) is 5.78. The van der Waals surface area contributed by atoms with Crippen LogP contribution in [0.4, 0.5) is 0 Å². The lowest BCUT2D eigenvalue weighted by atomic mass is 9.97. The number of hydrogen-bond donors (Lipinski definition) is 1. The van der Waals surface area contributed by atoms with Gasteiger partial charge < -0.3 is 10.5 Å². The number of nitrogens with two attached hydrogens (primary N) is 1. The van der Waals surface area contributed by atoms with Gasteiger partial charge in [-0.15, -0.1) is 0 Å². The van der Waals surface area contributed by atoms with Gasteiger partial charge in [-0.1, -0.05) is 30.3 Å². The largest absolute Gasteiger partial charge is 0.489 e. The summed E-state index contributed by atoms with van der Waals surface area (Å²) in [6.07, 6.45) is 5.07. The molecule has 3 aromatic rings. The molecule has 0 saturated heterocycles. The summed E-state index contributed by atoms with van der Waals surface area (Å²) in [4.78, 5) is 8.49. The minimum atomic E-state index is 0.542. The molecule has 0 saturated carbocycles. The summed E-state index contributed by atoms with van der Waals surface area (Å²) in [6, 6.07) is 21.8. The molecular formula is C22H21N3O. The summed E-state index contributed by atoms with van der Waals surface area (Å²) in [5.41, 5.74) is 10.7. The van der Waals surface area contributed by atoms with Crippen LogP contribution in [0.2, 0.25) is 0 Å². The fourth-order valence-electron chi connectivity index (χ4n) is 2.70. The maximum Gasteiger partial charge on any atom is 0.119 e. The highest BCUT2D eigenvalue weighted by atomic mass is 16.5. The second kappa shape index (κ2) is 8.62. The molecule has 3 rings (SSSR count). The smallest absolute Gasteiger partial charge is 0.119 e. The van der Waals surface area contributed by atoms with E-state index in [1.165, 1.54) is 0 Å². The van der Waals surface area contributed by atoms with Crippen LogP contribution in [0.25, 0.3) is 5.57 Å². The molecule has 0 unspecified atom stereocenters. The van der Waals surface area contributed by atoms with Crippen molar-refractivity contribution in [3.8, 4) is 5.75 Å². The molecular weight excluding hydrogens is 322 g/mol. The highest BCUT2D eigenvalue weighted by Crippen LogP contribution is 2.22. The van der Waals surface area contributed by atoms with Crippen LogP contribution in [0.15, 0.2) is 90.3 Å². The maximum absolute atomic E-state index is 5.87. The number of allylic oxidation sites excluding steroid dienone is 1. The third-order valence-electron chi connectivity index (χ3n) is 4.01. The number of ether oxygens (including phenoxy) is 1. The fourth-order valence-corrected chi connectivity index (χ4v) is 2.70. The van der Waals surface area contributed by atoms with Gasteiger partial charge in [0.15, 0.2) is 0 Å². The van der Waals surface area contributed by atoms with Crippen molar-refractivity contribution in [3.05, 3.63) is 102 Å². The highest BCUT2D eigenvalue weighted by Gasteiger charge is 2.11. The first-order chi connectivity index (χ1) is 12.8. The predicted octanol–water partition coefficient (Wildman–Crippen LogP) is 4.08. The fraction of sp³-hybridized carbons (Fsp3) is 0.0909. The van der Waals surface area contributed by atoms with E-state index in [9.17, 15) is 0 Å². The lowest BCUT2D eigenvalue weighted by Crippen LogP contribution is -2.07. The van der Waals surface area contributed by atoms with Crippen LogP contribution in [0.3, 0.4) is 0 Å². The van der Waals surface area contributed by atoms with Gasteiger partial charge in [0.2, 0.25) is 0 Å². The average Bonchev–Trinajstić information content (AvgIpc) is 2.72. The second-order valence-electron chi connectivity index (χ2n) is 5.69. The van der Waals surface area contributed by atoms with Crippen molar-refractivity contribution in [2.75, 3.05) is 7.05 Å². The zero-order valence-electron chi connectivity index (χ0n) is 14.7. The highest BCUT2D eigenvalue weighted by molar-refractivity contribution is 6.31. The van der Waals surface area contributed by atoms with E-state index in [2.05, 4.69) is 9.98 Å². The molecule has 1 heterocycles. The Hall–Kier alpha value is -3.40. The molecule has 1 aromatic heterocycles. The Morgan fingerprint density at radius 3 is 2.27 bits per heavy atom. The second-order valence-corrected chi connectivity index (χ2v) is 5.69. The molecule has 2 aromatic carbocycles. The first kappa shape index (κ1) is 17.4. The van der Waals surface area contributed by atoms with Crippen LogP contribution in [0, 0.1) is 0 Å². The molecule has 0 bridgehead atoms. The molecule has 4 nitrogen and oxygen atoms in total. The molecule has 26 heavy (non-hydrogen) atoms. The third-order valence-corrected chi connectivity index (χ3v) is 4.01. The van der Waals surface area contributed by atoms with Gasteiger partial charge in [-0.2, -0.15) is 0 Å². The van der Waals surface area contributed by atoms with Gasteiger partial charge >= 0.3 is 0 Å². The van der Waals surface area contributed by atoms with Gasteiger partial charge in [0.05, 0.1) is 5.71 Å². The summed E-state index contributed by atoms with van der Waals surface area (Å²) in [6.45, 7) is 0.542. The molecule has 2 N–H and O–H groups in total. The summed E-state index contributed by atoms with van der Waals surface area (Å²) in [7, 11) is 1.76. The number of rotatable bonds is 6. The minimum absolute atomic E-state index is 0.542. The van der Waals surface area contributed by atoms with E-state index in [4.69, 9.17) is 10.5 Å². The topological polar surface area (TPSA) is 60.5 Å². The Balaban J connectivity index is 1.76. The average molecular weight is 343 g/mol. The van der Waals surface area contributed by atoms with E-state index >= 15 is 0 Å². The molecule has 0 aliphatic heterocycles. The molecule has 0 aliphatic rings. The van der Waals surface area contributed by atoms with Gasteiger partial charge in [-0.3, -0.25) is 9.98 Å². The Morgan fingerprint density at radius 1 is 0.962 bits per heavy atom. The lowest BCUT2D eigenvalue weighted by molar-refractivity contribution is 0.306. The van der Waals surface area contributed by atoms with Crippen molar-refractivity contribution >= 4 is 11.3 Å². The number of nitrogens with zero attached hydrogens (tertiary/aromatic N) is 2. The Bertz CT molecular complexity index is 886. The van der Waals surface area contributed by atoms with E-state index in [1.807, 2.05) is 66.7 Å². The monoisotopic (exact) mass is 343 g/mol. The number of benzene rings is 2. The number of pyridine rings is 1. The van der Waals surface area contributed by atoms with E-state index in [1.54, 1.807) is 25.6 Å². The SMILES string of the molecule is CN=C(/C(=C\N)c1ccncc1)c1ccc(OCc2ccccc2)cc1. The van der Waals surface area contributed by atoms with Crippen LogP contribution >= 0.6 is 0 Å². The minimum Gasteiger partial charge on any atom is -0.489 e. The number of aromatic nitrogens is 1. The molecule has 0 radical (unpaired) electrons. The zero-order chi connectivity index (χ0) is 18.2. The van der Waals surface area contributed by atoms with E-state index in [0.717, 1.165) is 33.7 Å². The van der Waals surface area contributed by atoms with Crippen molar-refractivity contribution in [2.45, 2.75) is 6.61 Å². The first-order valence-electron chi connectivity index (χ1n) is 8.38. The van der Waals surface area contributed by atoms with Crippen LogP contribution < -0.4 is 10.5 Å². The molecule has 0 fully saturated rings. The summed E-state index contributed by atoms with van der Waals surface area (Å²) in [5.74, 6) is 0.815. The van der Waals surface area contributed by atoms with Crippen molar-refractivity contribution in [2.24, 2.45) is 10.7 Å². The van der Waals surface area contributed by atoms with Crippen molar-refractivity contribution in [1.29, 1.82) is 0 Å². The number of hydrogen-bond acceptors (Lipinski definition) is 4. The first-order valence-corrected chi connectivity index (χ1v) is 8.38. The normalized spacial score (nSPS) is 12.0. The van der Waals surface area contributed by atoms with Gasteiger partial charge in [-0.05, 0) is 47.5 Å². The quantitative estimate of drug-likeness (QED) is 0.686. The van der Waals surface area contributed by atoms with Gasteiger partial charge in [0.1, 0.15) is 12.4 Å². The molecule has 0 aliphatic carbocycles. The van der Waals surface area contributed by atoms with Gasteiger partial charge in [0, 0.05) is 36.8 Å².